The van der Waals surface area contributed by atoms with Crippen molar-refractivity contribution in [2.45, 2.75) is 92.1 Å². The Morgan fingerprint density at radius 3 is 1.42 bits per heavy atom. The van der Waals surface area contributed by atoms with Crippen molar-refractivity contribution in [2.75, 3.05) is 13.7 Å². The molecule has 0 bridgehead atoms. The summed E-state index contributed by atoms with van der Waals surface area (Å²) in [7, 11) is -22.7. The summed E-state index contributed by atoms with van der Waals surface area (Å²) < 4.78 is 180. The van der Waals surface area contributed by atoms with Gasteiger partial charge < -0.3 is 86.9 Å². The molecule has 0 unspecified atom stereocenters. The molecule has 0 aromatic heterocycles. The quantitative estimate of drug-likeness (QED) is 0.0544. The molecule has 3 aliphatic heterocycles. The maximum Gasteiger partial charge on any atom is 1.00 e. The van der Waals surface area contributed by atoms with Gasteiger partial charge in [0.1, 0.15) is 61.0 Å². The Morgan fingerprint density at radius 2 is 1.02 bits per heavy atom. The molecule has 0 amide bonds. The molecule has 30 nitrogen and oxygen atoms in total. The summed E-state index contributed by atoms with van der Waals surface area (Å²) in [5.74, 6) is -4.68. The second-order valence-corrected chi connectivity index (χ2v) is 14.9. The van der Waals surface area contributed by atoms with E-state index in [4.69, 9.17) is 23.7 Å². The number of hydrogen-bond donors (Lipinski definition) is 5. The zero-order valence-corrected chi connectivity index (χ0v) is 46.8. The summed E-state index contributed by atoms with van der Waals surface area (Å²) in [6, 6.07) is -2.74. The van der Waals surface area contributed by atoms with Gasteiger partial charge in [-0.05, 0) is 0 Å². The van der Waals surface area contributed by atoms with E-state index in [-0.39, 0.29) is 177 Å². The largest absolute Gasteiger partial charge is 1.00 e. The average Bonchev–Trinajstić information content (AvgIpc) is 2.98. The fourth-order valence-corrected chi connectivity index (χ4v) is 6.90. The molecule has 0 saturated carbocycles. The molecule has 0 radical (unpaired) electrons. The van der Waals surface area contributed by atoms with Crippen LogP contribution >= 0.6 is 0 Å². The smallest absolute Gasteiger partial charge is 0.735 e. The van der Waals surface area contributed by atoms with Gasteiger partial charge in [0.05, 0.1) is 18.5 Å². The Balaban J connectivity index is -0.00000252. The van der Waals surface area contributed by atoms with Crippen molar-refractivity contribution in [3.8, 4) is 0 Å². The van der Waals surface area contributed by atoms with Crippen LogP contribution in [-0.2, 0) is 92.1 Å². The van der Waals surface area contributed by atoms with Gasteiger partial charge in [0.15, 0.2) is 41.4 Å². The van der Waals surface area contributed by atoms with Crippen molar-refractivity contribution in [1.29, 1.82) is 0 Å². The fourth-order valence-electron chi connectivity index (χ4n) is 5.07. The second-order valence-electron chi connectivity index (χ2n) is 10.7. The number of methoxy groups -OCH3 is 1. The topological polar surface area (TPSA) is 485 Å². The monoisotopic (exact) mass is 997 g/mol. The van der Waals surface area contributed by atoms with E-state index in [1.165, 1.54) is 0 Å². The average molecular weight is 998 g/mol. The van der Waals surface area contributed by atoms with E-state index >= 15 is 0 Å². The standard InChI is InChI=1S/C19H31NO29S4.6Na/c1-41-18-13(49-53(38,39)40)8(24)10(14(47-18)16(27)28)45-17-4(20-50(29,30)31)5(21)9(3(43-17)2-42-51(32,33)34)44-19-12(48-52(35,36)37)7(23)6(22)11(46-19)15(25)26;;;;;;/h3-14,17-24H,2H2,1H3,(H,25,26)(H,27,28)(H,29,30,31)(H,32,33,34)(H,35,36,37)(H,38,39,40);;;;;;/q;6*+1/p-6/t3-,4-,5-,6+,7+,8+,9-,10+,11-,12-,13-,14-,17-,18-,19-;;;;;;/m1....../s1. The first-order chi connectivity index (χ1) is 24.0. The Bertz CT molecular complexity index is 1780. The molecule has 0 aromatic rings. The third-order valence-electron chi connectivity index (χ3n) is 7.13. The molecule has 0 spiro atoms. The van der Waals surface area contributed by atoms with Crippen LogP contribution in [0, 0.1) is 0 Å². The Hall–Kier alpha value is 4.02. The second kappa shape index (κ2) is 28.5. The molecule has 0 aromatic carbocycles. The number of carbonyl (C=O) groups excluding carboxylic acids is 2. The number of aliphatic hydroxyl groups excluding tert-OH is 4. The van der Waals surface area contributed by atoms with Gasteiger partial charge in [-0.3, -0.25) is 12.5 Å². The summed E-state index contributed by atoms with van der Waals surface area (Å²) in [6.07, 6.45) is -37.3. The van der Waals surface area contributed by atoms with Gasteiger partial charge in [0.25, 0.3) is 0 Å². The first-order valence-electron chi connectivity index (χ1n) is 13.6. The molecule has 3 saturated heterocycles. The van der Waals surface area contributed by atoms with E-state index in [1.807, 2.05) is 0 Å². The van der Waals surface area contributed by atoms with E-state index in [1.54, 1.807) is 0 Å². The zero-order valence-electron chi connectivity index (χ0n) is 31.5. The first-order valence-corrected chi connectivity index (χ1v) is 19.0. The van der Waals surface area contributed by atoms with Crippen LogP contribution in [0.25, 0.3) is 0 Å². The van der Waals surface area contributed by atoms with Crippen LogP contribution in [0.3, 0.4) is 0 Å². The normalized spacial score (nSPS) is 35.0. The molecule has 3 fully saturated rings. The van der Waals surface area contributed by atoms with E-state index in [9.17, 15) is 92.1 Å². The van der Waals surface area contributed by atoms with Crippen molar-refractivity contribution >= 4 is 53.4 Å². The maximum absolute atomic E-state index is 11.9. The van der Waals surface area contributed by atoms with Crippen molar-refractivity contribution in [2.24, 2.45) is 0 Å². The van der Waals surface area contributed by atoms with Gasteiger partial charge in [-0.15, -0.1) is 0 Å². The molecule has 3 heterocycles. The minimum absolute atomic E-state index is 0. The van der Waals surface area contributed by atoms with Crippen LogP contribution in [0.5, 0.6) is 0 Å². The maximum atomic E-state index is 11.9. The number of aliphatic carboxylic acids is 2. The van der Waals surface area contributed by atoms with Crippen LogP contribution < -0.4 is 192 Å². The van der Waals surface area contributed by atoms with Crippen molar-refractivity contribution in [3.05, 3.63) is 0 Å². The minimum Gasteiger partial charge on any atom is -0.735 e. The Morgan fingerprint density at radius 1 is 0.576 bits per heavy atom. The van der Waals surface area contributed by atoms with E-state index < -0.39 is 152 Å². The van der Waals surface area contributed by atoms with Crippen LogP contribution in [0.4, 0.5) is 0 Å². The number of ether oxygens (including phenoxy) is 6. The molecule has 15 atom stereocenters. The van der Waals surface area contributed by atoms with E-state index in [2.05, 4.69) is 17.3 Å². The fraction of sp³-hybridized carbons (Fsp3) is 0.895. The zero-order chi connectivity index (χ0) is 40.6. The van der Waals surface area contributed by atoms with Crippen LogP contribution in [0.2, 0.25) is 0 Å². The third kappa shape index (κ3) is 21.1. The van der Waals surface area contributed by atoms with Crippen LogP contribution in [0.1, 0.15) is 0 Å². The summed E-state index contributed by atoms with van der Waals surface area (Å²) in [5, 5.41) is 65.8. The van der Waals surface area contributed by atoms with Gasteiger partial charge in [0.2, 0.25) is 31.2 Å². The van der Waals surface area contributed by atoms with Gasteiger partial charge in [0, 0.05) is 7.11 Å². The van der Waals surface area contributed by atoms with Crippen LogP contribution in [-0.4, -0.2) is 190 Å². The number of nitrogens with one attached hydrogen (secondary N) is 1. The van der Waals surface area contributed by atoms with Gasteiger partial charge in [-0.25, -0.2) is 38.4 Å². The molecular formula is C19H25NNa6O29S4. The molecule has 5 N–H and O–H groups in total. The Labute approximate surface area is 467 Å². The number of hydrogen-bond acceptors (Lipinski definition) is 29. The molecule has 3 aliphatic rings. The predicted molar refractivity (Wildman–Crippen MR) is 138 cm³/mol. The van der Waals surface area contributed by atoms with Gasteiger partial charge in [-0.1, -0.05) is 0 Å². The number of aliphatic hydroxyl groups is 4. The number of carboxylic acids is 2. The summed E-state index contributed by atoms with van der Waals surface area (Å²) in [6.45, 7) is -1.70. The van der Waals surface area contributed by atoms with Crippen molar-refractivity contribution in [3.63, 3.8) is 0 Å². The van der Waals surface area contributed by atoms with E-state index in [0.29, 0.717) is 0 Å². The van der Waals surface area contributed by atoms with Crippen LogP contribution in [0.15, 0.2) is 0 Å². The molecule has 310 valence electrons. The summed E-state index contributed by atoms with van der Waals surface area (Å²) >= 11 is 0. The molecular weight excluding hydrogens is 972 g/mol. The van der Waals surface area contributed by atoms with Crippen molar-refractivity contribution < 1.29 is 310 Å². The number of rotatable bonds is 16. The van der Waals surface area contributed by atoms with Gasteiger partial charge in [-0.2, -0.15) is 0 Å². The van der Waals surface area contributed by atoms with Crippen molar-refractivity contribution in [1.82, 2.24) is 4.72 Å². The first kappa shape index (κ1) is 69.6. The molecule has 0 aliphatic carbocycles. The summed E-state index contributed by atoms with van der Waals surface area (Å²) in [4.78, 5) is 23.4. The third-order valence-corrected chi connectivity index (χ3v) is 9.04. The summed E-state index contributed by atoms with van der Waals surface area (Å²) in [5.41, 5.74) is 0. The number of carboxylic acid groups (broad SMARTS) is 2. The minimum atomic E-state index is -5.95. The molecule has 3 rings (SSSR count). The van der Waals surface area contributed by atoms with Gasteiger partial charge >= 0.3 is 177 Å². The van der Waals surface area contributed by atoms with E-state index in [0.717, 1.165) is 11.8 Å². The number of carbonyl (C=O) groups is 2. The SMILES string of the molecule is CO[C@@H]1O[C@@H](C(=O)[O-])[C@@H](O[C@H]2O[C@H](COS(=O)(=O)[O-])[C@@H](O[C@@H]3O[C@@H](C(=O)[O-])[C@@H](O)[C@H](O)[C@H]3OS(=O)(=O)[O-])[C@H](O)[C@H]2NS(=O)(=O)[O-])[C@H](O)[C@H]1OS(=O)(=O)[O-].[Na+].[Na+].[Na+].[Na+].[Na+].[Na+]. The molecule has 40 heteroatoms. The molecule has 59 heavy (non-hydrogen) atoms. The Kier molecular flexibility index (Phi) is 33.6. The predicted octanol–water partition coefficient (Wildman–Crippen LogP) is -29.9.